The van der Waals surface area contributed by atoms with Crippen molar-refractivity contribution in [3.8, 4) is 11.8 Å². The molecule has 16 nitrogen and oxygen atoms in total. The van der Waals surface area contributed by atoms with Gasteiger partial charge >= 0.3 is 0 Å². The van der Waals surface area contributed by atoms with E-state index in [-0.39, 0.29) is 47.7 Å². The monoisotopic (exact) mass is 856 g/mol. The number of hydrogen-bond donors (Lipinski definition) is 3. The highest BCUT2D eigenvalue weighted by Gasteiger charge is 2.39. The Balaban J connectivity index is 0.803. The van der Waals surface area contributed by atoms with Gasteiger partial charge in [0.1, 0.15) is 17.9 Å². The number of nitrogen functional groups attached to an aromatic ring is 1. The lowest BCUT2D eigenvalue weighted by Crippen LogP contribution is -2.52. The van der Waals surface area contributed by atoms with Gasteiger partial charge in [0, 0.05) is 88.6 Å². The highest BCUT2D eigenvalue weighted by atomic mass is 16.5. The number of fused-ring (bicyclic) bond motifs is 2. The standard InChI is InChI=1S/C47H56N10O6/c1-30(2)42-36(41(43-44(48)49-29-50-57(42)43)46(61)51-34-11-7-32(8-12-34)28-63-3)14-9-31-17-20-55(21-18-31)40(59)6-4-5-19-53-22-24-54(25-23-53)35-13-10-33-27-56(47(62)37(33)26-35)38-15-16-39(58)52-45(38)60/h7-8,10-13,26,29-31,38H,4-6,15-25,27-28H2,1-3H3,(H,51,61)(H2,48,49,50)(H,52,58,60). The SMILES string of the molecule is COCc1ccc(NC(=O)c2c(C#CC3CCN(C(=O)CCCCN4CCN(c5ccc6c(c5)C(=O)N(C5CCC(=O)NC5=O)C6)CC4)CC3)c(C(C)C)n3ncnc(N)c23)cc1. The number of unbranched alkanes of at least 4 members (excludes halogenated alkanes) is 1. The average molecular weight is 857 g/mol. The van der Waals surface area contributed by atoms with E-state index in [1.807, 2.05) is 55.1 Å². The summed E-state index contributed by atoms with van der Waals surface area (Å²) in [4.78, 5) is 77.2. The quantitative estimate of drug-likeness (QED) is 0.105. The van der Waals surface area contributed by atoms with Crippen LogP contribution < -0.4 is 21.3 Å². The van der Waals surface area contributed by atoms with Crippen LogP contribution in [0.3, 0.4) is 0 Å². The Labute approximate surface area is 367 Å². The molecule has 8 rings (SSSR count). The number of methoxy groups -OCH3 is 1. The molecule has 63 heavy (non-hydrogen) atoms. The molecule has 4 N–H and O–H groups in total. The Bertz CT molecular complexity index is 2460. The van der Waals surface area contributed by atoms with Gasteiger partial charge in [0.15, 0.2) is 5.82 Å². The number of hydrogen-bond acceptors (Lipinski definition) is 11. The fourth-order valence-electron chi connectivity index (χ4n) is 9.25. The van der Waals surface area contributed by atoms with Gasteiger partial charge in [0.25, 0.3) is 11.8 Å². The largest absolute Gasteiger partial charge is 0.382 e. The number of carbonyl (C=O) groups is 5. The van der Waals surface area contributed by atoms with Crippen LogP contribution in [0.5, 0.6) is 0 Å². The molecule has 3 fully saturated rings. The minimum atomic E-state index is -0.619. The summed E-state index contributed by atoms with van der Waals surface area (Å²) in [6.07, 6.45) is 5.75. The minimum absolute atomic E-state index is 0.0125. The van der Waals surface area contributed by atoms with Crippen LogP contribution >= 0.6 is 0 Å². The summed E-state index contributed by atoms with van der Waals surface area (Å²) in [5, 5.41) is 9.86. The molecule has 4 aliphatic rings. The van der Waals surface area contributed by atoms with E-state index in [0.29, 0.717) is 67.0 Å². The number of benzene rings is 2. The van der Waals surface area contributed by atoms with Crippen LogP contribution in [-0.2, 0) is 32.3 Å². The number of imide groups is 1. The van der Waals surface area contributed by atoms with Crippen molar-refractivity contribution in [2.75, 3.05) is 68.9 Å². The number of amides is 5. The second-order valence-corrected chi connectivity index (χ2v) is 17.2. The molecule has 0 saturated carbocycles. The highest BCUT2D eigenvalue weighted by Crippen LogP contribution is 2.33. The van der Waals surface area contributed by atoms with Crippen LogP contribution in [0.25, 0.3) is 5.52 Å². The summed E-state index contributed by atoms with van der Waals surface area (Å²) >= 11 is 0. The van der Waals surface area contributed by atoms with E-state index in [1.54, 1.807) is 16.5 Å². The second kappa shape index (κ2) is 19.0. The zero-order valence-electron chi connectivity index (χ0n) is 36.3. The van der Waals surface area contributed by atoms with Gasteiger partial charge in [-0.05, 0) is 80.0 Å². The van der Waals surface area contributed by atoms with Gasteiger partial charge in [0.2, 0.25) is 17.7 Å². The molecule has 6 heterocycles. The van der Waals surface area contributed by atoms with Crippen molar-refractivity contribution in [3.05, 3.63) is 82.3 Å². The van der Waals surface area contributed by atoms with E-state index in [1.165, 1.54) is 6.33 Å². The molecule has 330 valence electrons. The number of nitrogens with two attached hydrogens (primary N) is 1. The first-order valence-electron chi connectivity index (χ1n) is 22.1. The number of ether oxygens (including phenoxy) is 1. The van der Waals surface area contributed by atoms with Gasteiger partial charge in [-0.2, -0.15) is 5.10 Å². The molecule has 0 radical (unpaired) electrons. The summed E-state index contributed by atoms with van der Waals surface area (Å²) in [6, 6.07) is 12.8. The maximum absolute atomic E-state index is 14.0. The minimum Gasteiger partial charge on any atom is -0.382 e. The number of piperidine rings is 2. The van der Waals surface area contributed by atoms with Crippen LogP contribution in [0, 0.1) is 17.8 Å². The second-order valence-electron chi connectivity index (χ2n) is 17.2. The lowest BCUT2D eigenvalue weighted by Gasteiger charge is -2.36. The first-order valence-corrected chi connectivity index (χ1v) is 22.1. The predicted octanol–water partition coefficient (Wildman–Crippen LogP) is 4.18. The summed E-state index contributed by atoms with van der Waals surface area (Å²) in [7, 11) is 1.64. The topological polar surface area (TPSA) is 188 Å². The third kappa shape index (κ3) is 9.40. The Kier molecular flexibility index (Phi) is 13.1. The lowest BCUT2D eigenvalue weighted by molar-refractivity contribution is -0.137. The molecule has 4 aliphatic heterocycles. The first-order chi connectivity index (χ1) is 30.5. The molecule has 2 aromatic carbocycles. The van der Waals surface area contributed by atoms with Gasteiger partial charge in [-0.25, -0.2) is 9.50 Å². The highest BCUT2D eigenvalue weighted by molar-refractivity contribution is 6.13. The maximum atomic E-state index is 14.0. The predicted molar refractivity (Wildman–Crippen MR) is 238 cm³/mol. The van der Waals surface area contributed by atoms with Crippen LogP contribution in [0.2, 0.25) is 0 Å². The number of carbonyl (C=O) groups excluding carboxylic acids is 5. The van der Waals surface area contributed by atoms with E-state index in [9.17, 15) is 24.0 Å². The maximum Gasteiger partial charge on any atom is 0.259 e. The van der Waals surface area contributed by atoms with Crippen molar-refractivity contribution >= 4 is 52.2 Å². The Morgan fingerprint density at radius 1 is 0.984 bits per heavy atom. The van der Waals surface area contributed by atoms with Crippen molar-refractivity contribution < 1.29 is 28.7 Å². The van der Waals surface area contributed by atoms with E-state index in [4.69, 9.17) is 10.5 Å². The molecule has 0 aliphatic carbocycles. The molecule has 5 amide bonds. The molecule has 2 aromatic heterocycles. The van der Waals surface area contributed by atoms with E-state index in [0.717, 1.165) is 80.9 Å². The molecule has 16 heteroatoms. The summed E-state index contributed by atoms with van der Waals surface area (Å²) < 4.78 is 6.91. The molecule has 1 atom stereocenters. The first kappa shape index (κ1) is 43.3. The van der Waals surface area contributed by atoms with Gasteiger partial charge < -0.3 is 30.5 Å². The third-order valence-corrected chi connectivity index (χ3v) is 12.7. The smallest absolute Gasteiger partial charge is 0.259 e. The molecule has 0 bridgehead atoms. The molecule has 3 saturated heterocycles. The van der Waals surface area contributed by atoms with Gasteiger partial charge in [-0.1, -0.05) is 43.9 Å². The molecule has 0 spiro atoms. The van der Waals surface area contributed by atoms with Gasteiger partial charge in [0.05, 0.1) is 23.4 Å². The van der Waals surface area contributed by atoms with Crippen molar-refractivity contribution in [2.24, 2.45) is 5.92 Å². The van der Waals surface area contributed by atoms with Crippen molar-refractivity contribution in [1.82, 2.24) is 34.6 Å². The van der Waals surface area contributed by atoms with Crippen molar-refractivity contribution in [3.63, 3.8) is 0 Å². The number of nitrogens with one attached hydrogen (secondary N) is 2. The Morgan fingerprint density at radius 3 is 2.46 bits per heavy atom. The number of anilines is 3. The summed E-state index contributed by atoms with van der Waals surface area (Å²) in [5.41, 5.74) is 12.7. The number of likely N-dealkylation sites (tertiary alicyclic amines) is 1. The van der Waals surface area contributed by atoms with E-state index < -0.39 is 11.9 Å². The van der Waals surface area contributed by atoms with Gasteiger partial charge in [-0.15, -0.1) is 0 Å². The zero-order chi connectivity index (χ0) is 44.2. The fraction of sp³-hybridized carbons (Fsp3) is 0.468. The number of aromatic nitrogens is 3. The van der Waals surface area contributed by atoms with E-state index >= 15 is 0 Å². The number of nitrogens with zero attached hydrogens (tertiary/aromatic N) is 7. The molecular weight excluding hydrogens is 801 g/mol. The van der Waals surface area contributed by atoms with Crippen LogP contribution in [0.1, 0.15) is 108 Å². The average Bonchev–Trinajstić information content (AvgIpc) is 3.80. The number of piperazine rings is 1. The summed E-state index contributed by atoms with van der Waals surface area (Å²) in [5.74, 6) is 6.07. The van der Waals surface area contributed by atoms with Crippen molar-refractivity contribution in [1.29, 1.82) is 0 Å². The molecular formula is C47H56N10O6. The fourth-order valence-corrected chi connectivity index (χ4v) is 9.25. The summed E-state index contributed by atoms with van der Waals surface area (Å²) in [6.45, 7) is 10.6. The van der Waals surface area contributed by atoms with Crippen LogP contribution in [-0.4, -0.2) is 118 Å². The van der Waals surface area contributed by atoms with E-state index in [2.05, 4.69) is 48.4 Å². The molecule has 1 unspecified atom stereocenters. The third-order valence-electron chi connectivity index (χ3n) is 12.7. The Hall–Kier alpha value is -6.31. The van der Waals surface area contributed by atoms with Crippen molar-refractivity contribution in [2.45, 2.75) is 83.9 Å². The normalized spacial score (nSPS) is 18.4. The van der Waals surface area contributed by atoms with Crippen LogP contribution in [0.4, 0.5) is 17.2 Å². The molecule has 4 aromatic rings. The lowest BCUT2D eigenvalue weighted by atomic mass is 9.95. The Morgan fingerprint density at radius 2 is 1.75 bits per heavy atom. The van der Waals surface area contributed by atoms with Gasteiger partial charge in [-0.3, -0.25) is 34.2 Å². The zero-order valence-corrected chi connectivity index (χ0v) is 36.3. The number of rotatable bonds is 12. The van der Waals surface area contributed by atoms with Crippen LogP contribution in [0.15, 0.2) is 48.8 Å².